The van der Waals surface area contributed by atoms with Crippen LogP contribution >= 0.6 is 0 Å². The van der Waals surface area contributed by atoms with E-state index in [1.54, 1.807) is 0 Å². The lowest BCUT2D eigenvalue weighted by Crippen LogP contribution is -2.29. The first-order valence-corrected chi connectivity index (χ1v) is 5.91. The van der Waals surface area contributed by atoms with E-state index >= 15 is 0 Å². The molecule has 1 unspecified atom stereocenters. The standard InChI is InChI=1S/C13H15F2NO/c14-10-7-6-9(8-11(10)15)12-4-2-1-3-5-13(17)16-12/h6-8,12H,1-5H2,(H,16,17). The summed E-state index contributed by atoms with van der Waals surface area (Å²) in [6, 6.07) is 3.61. The van der Waals surface area contributed by atoms with Crippen LogP contribution in [0.1, 0.15) is 43.7 Å². The van der Waals surface area contributed by atoms with Gasteiger partial charge in [-0.15, -0.1) is 0 Å². The molecule has 17 heavy (non-hydrogen) atoms. The van der Waals surface area contributed by atoms with Crippen LogP contribution in [0.15, 0.2) is 18.2 Å². The maximum Gasteiger partial charge on any atom is 0.220 e. The van der Waals surface area contributed by atoms with Crippen LogP contribution in [-0.2, 0) is 4.79 Å². The molecule has 92 valence electrons. The van der Waals surface area contributed by atoms with Crippen molar-refractivity contribution in [3.8, 4) is 0 Å². The normalized spacial score (nSPS) is 21.5. The van der Waals surface area contributed by atoms with E-state index in [4.69, 9.17) is 0 Å². The number of rotatable bonds is 1. The van der Waals surface area contributed by atoms with Crippen molar-refractivity contribution >= 4 is 5.91 Å². The van der Waals surface area contributed by atoms with Crippen LogP contribution in [0.3, 0.4) is 0 Å². The van der Waals surface area contributed by atoms with Gasteiger partial charge in [0.1, 0.15) is 0 Å². The van der Waals surface area contributed by atoms with Crippen molar-refractivity contribution < 1.29 is 13.6 Å². The Morgan fingerprint density at radius 2 is 1.94 bits per heavy atom. The smallest absolute Gasteiger partial charge is 0.220 e. The zero-order chi connectivity index (χ0) is 12.3. The van der Waals surface area contributed by atoms with Gasteiger partial charge >= 0.3 is 0 Å². The molecule has 0 aliphatic carbocycles. The number of nitrogens with one attached hydrogen (secondary N) is 1. The van der Waals surface area contributed by atoms with Gasteiger partial charge in [-0.1, -0.05) is 18.9 Å². The van der Waals surface area contributed by atoms with Gasteiger partial charge in [0.05, 0.1) is 6.04 Å². The van der Waals surface area contributed by atoms with Gasteiger partial charge in [0.15, 0.2) is 11.6 Å². The van der Waals surface area contributed by atoms with Crippen LogP contribution in [0.5, 0.6) is 0 Å². The highest BCUT2D eigenvalue weighted by Crippen LogP contribution is 2.24. The van der Waals surface area contributed by atoms with E-state index in [0.717, 1.165) is 31.7 Å². The Bertz CT molecular complexity index is 420. The van der Waals surface area contributed by atoms with E-state index in [-0.39, 0.29) is 11.9 Å². The fraction of sp³-hybridized carbons (Fsp3) is 0.462. The maximum atomic E-state index is 13.1. The number of carbonyl (C=O) groups excluding carboxylic acids is 1. The summed E-state index contributed by atoms with van der Waals surface area (Å²) in [6.45, 7) is 0. The zero-order valence-corrected chi connectivity index (χ0v) is 9.51. The molecule has 0 radical (unpaired) electrons. The molecule has 1 aliphatic rings. The molecule has 2 rings (SSSR count). The highest BCUT2D eigenvalue weighted by atomic mass is 19.2. The lowest BCUT2D eigenvalue weighted by Gasteiger charge is -2.21. The minimum absolute atomic E-state index is 0.0144. The Morgan fingerprint density at radius 3 is 2.71 bits per heavy atom. The molecule has 4 heteroatoms. The van der Waals surface area contributed by atoms with Gasteiger partial charge in [-0.25, -0.2) is 8.78 Å². The number of benzene rings is 1. The van der Waals surface area contributed by atoms with E-state index < -0.39 is 11.6 Å². The molecular formula is C13H15F2NO. The second-order valence-corrected chi connectivity index (χ2v) is 4.39. The molecule has 0 bridgehead atoms. The summed E-state index contributed by atoms with van der Waals surface area (Å²) in [4.78, 5) is 11.5. The maximum absolute atomic E-state index is 13.1. The van der Waals surface area contributed by atoms with Crippen LogP contribution in [-0.4, -0.2) is 5.91 Å². The molecule has 2 nitrogen and oxygen atoms in total. The van der Waals surface area contributed by atoms with Crippen molar-refractivity contribution in [3.05, 3.63) is 35.4 Å². The first-order valence-electron chi connectivity index (χ1n) is 5.91. The van der Waals surface area contributed by atoms with Gasteiger partial charge in [-0.3, -0.25) is 4.79 Å². The zero-order valence-electron chi connectivity index (χ0n) is 9.51. The highest BCUT2D eigenvalue weighted by molar-refractivity contribution is 5.76. The van der Waals surface area contributed by atoms with Crippen LogP contribution in [0.25, 0.3) is 0 Å². The minimum atomic E-state index is -0.862. The average molecular weight is 239 g/mol. The van der Waals surface area contributed by atoms with Gasteiger partial charge in [0, 0.05) is 6.42 Å². The van der Waals surface area contributed by atoms with Crippen molar-refractivity contribution in [2.45, 2.75) is 38.1 Å². The molecule has 0 aromatic heterocycles. The van der Waals surface area contributed by atoms with Gasteiger partial charge in [-0.2, -0.15) is 0 Å². The number of hydrogen-bond donors (Lipinski definition) is 1. The first kappa shape index (κ1) is 12.0. The summed E-state index contributed by atoms with van der Waals surface area (Å²) in [5, 5.41) is 2.85. The second-order valence-electron chi connectivity index (χ2n) is 4.39. The molecule has 1 aromatic rings. The first-order chi connectivity index (χ1) is 8.16. The summed E-state index contributed by atoms with van der Waals surface area (Å²) in [7, 11) is 0. The van der Waals surface area contributed by atoms with Crippen LogP contribution < -0.4 is 5.32 Å². The summed E-state index contributed by atoms with van der Waals surface area (Å²) in [5.74, 6) is -1.73. The third-order valence-corrected chi connectivity index (χ3v) is 3.08. The molecule has 1 fully saturated rings. The lowest BCUT2D eigenvalue weighted by atomic mass is 9.97. The second kappa shape index (κ2) is 5.25. The Labute approximate surface area is 99.0 Å². The Balaban J connectivity index is 2.17. The van der Waals surface area contributed by atoms with Gasteiger partial charge < -0.3 is 5.32 Å². The fourth-order valence-electron chi connectivity index (χ4n) is 2.13. The molecule has 1 aliphatic heterocycles. The number of halogens is 2. The van der Waals surface area contributed by atoms with Crippen molar-refractivity contribution in [2.24, 2.45) is 0 Å². The van der Waals surface area contributed by atoms with E-state index in [9.17, 15) is 13.6 Å². The largest absolute Gasteiger partial charge is 0.349 e. The van der Waals surface area contributed by atoms with E-state index in [2.05, 4.69) is 5.32 Å². The molecule has 1 N–H and O–H groups in total. The molecule has 0 saturated carbocycles. The Hall–Kier alpha value is -1.45. The Kier molecular flexibility index (Phi) is 3.71. The number of amides is 1. The Morgan fingerprint density at radius 1 is 1.12 bits per heavy atom. The third kappa shape index (κ3) is 3.02. The van der Waals surface area contributed by atoms with Crippen molar-refractivity contribution in [3.63, 3.8) is 0 Å². The van der Waals surface area contributed by atoms with Crippen LogP contribution in [0, 0.1) is 11.6 Å². The SMILES string of the molecule is O=C1CCCCCC(c2ccc(F)c(F)c2)N1. The molecule has 0 spiro atoms. The van der Waals surface area contributed by atoms with Gasteiger partial charge in [-0.05, 0) is 30.5 Å². The average Bonchev–Trinajstić information content (AvgIpc) is 2.27. The molecule has 1 saturated heterocycles. The summed E-state index contributed by atoms with van der Waals surface area (Å²) in [5.41, 5.74) is 0.638. The monoisotopic (exact) mass is 239 g/mol. The molecule has 1 aromatic carbocycles. The topological polar surface area (TPSA) is 29.1 Å². The van der Waals surface area contributed by atoms with Crippen molar-refractivity contribution in [1.82, 2.24) is 5.32 Å². The number of hydrogen-bond acceptors (Lipinski definition) is 1. The quantitative estimate of drug-likeness (QED) is 0.801. The molecule has 1 atom stereocenters. The predicted octanol–water partition coefficient (Wildman–Crippen LogP) is 3.09. The summed E-state index contributed by atoms with van der Waals surface area (Å²) in [6.07, 6.45) is 4.19. The predicted molar refractivity (Wildman–Crippen MR) is 60.3 cm³/mol. The minimum Gasteiger partial charge on any atom is -0.349 e. The van der Waals surface area contributed by atoms with Gasteiger partial charge in [0.2, 0.25) is 5.91 Å². The van der Waals surface area contributed by atoms with E-state index in [1.807, 2.05) is 0 Å². The number of carbonyl (C=O) groups is 1. The highest BCUT2D eigenvalue weighted by Gasteiger charge is 2.18. The van der Waals surface area contributed by atoms with Crippen LogP contribution in [0.4, 0.5) is 8.78 Å². The van der Waals surface area contributed by atoms with Crippen LogP contribution in [0.2, 0.25) is 0 Å². The van der Waals surface area contributed by atoms with E-state index in [1.165, 1.54) is 12.1 Å². The summed E-state index contributed by atoms with van der Waals surface area (Å²) >= 11 is 0. The van der Waals surface area contributed by atoms with E-state index in [0.29, 0.717) is 12.0 Å². The third-order valence-electron chi connectivity index (χ3n) is 3.08. The van der Waals surface area contributed by atoms with Crippen molar-refractivity contribution in [2.75, 3.05) is 0 Å². The molecular weight excluding hydrogens is 224 g/mol. The molecule has 1 amide bonds. The molecule has 1 heterocycles. The van der Waals surface area contributed by atoms with Crippen molar-refractivity contribution in [1.29, 1.82) is 0 Å². The summed E-state index contributed by atoms with van der Waals surface area (Å²) < 4.78 is 26.0. The van der Waals surface area contributed by atoms with Gasteiger partial charge in [0.25, 0.3) is 0 Å². The fourth-order valence-corrected chi connectivity index (χ4v) is 2.13. The lowest BCUT2D eigenvalue weighted by molar-refractivity contribution is -0.122.